The van der Waals surface area contributed by atoms with Gasteiger partial charge in [0.05, 0.1) is 30.2 Å². The quantitative estimate of drug-likeness (QED) is 0.723. The van der Waals surface area contributed by atoms with Crippen molar-refractivity contribution >= 4 is 5.91 Å². The van der Waals surface area contributed by atoms with Crippen molar-refractivity contribution in [1.29, 1.82) is 0 Å². The zero-order valence-corrected chi connectivity index (χ0v) is 15.9. The van der Waals surface area contributed by atoms with E-state index in [9.17, 15) is 9.90 Å². The number of fused-ring (bicyclic) bond motifs is 1. The molecule has 3 heterocycles. The first kappa shape index (κ1) is 18.2. The molecular weight excluding hydrogens is 358 g/mol. The van der Waals surface area contributed by atoms with Crippen molar-refractivity contribution in [2.24, 2.45) is 7.05 Å². The number of aliphatic hydroxyl groups is 1. The highest BCUT2D eigenvalue weighted by Gasteiger charge is 2.25. The summed E-state index contributed by atoms with van der Waals surface area (Å²) in [7, 11) is 1.78. The van der Waals surface area contributed by atoms with Gasteiger partial charge in [-0.3, -0.25) is 14.2 Å². The van der Waals surface area contributed by atoms with Gasteiger partial charge in [-0.1, -0.05) is 18.2 Å². The number of aryl methyl sites for hydroxylation is 2. The highest BCUT2D eigenvalue weighted by Crippen LogP contribution is 2.23. The number of hydrogen-bond acceptors (Lipinski definition) is 5. The van der Waals surface area contributed by atoms with Crippen LogP contribution in [0.3, 0.4) is 0 Å². The Bertz CT molecular complexity index is 993. The molecule has 1 aromatic carbocycles. The van der Waals surface area contributed by atoms with Gasteiger partial charge < -0.3 is 14.7 Å². The molecule has 1 aliphatic heterocycles. The highest BCUT2D eigenvalue weighted by atomic mass is 16.5. The Morgan fingerprint density at radius 3 is 2.86 bits per heavy atom. The fraction of sp³-hybridized carbons (Fsp3) is 0.350. The lowest BCUT2D eigenvalue weighted by Crippen LogP contribution is -2.40. The summed E-state index contributed by atoms with van der Waals surface area (Å²) in [6, 6.07) is 11.3. The van der Waals surface area contributed by atoms with Crippen LogP contribution in [0, 0.1) is 6.92 Å². The average molecular weight is 381 g/mol. The van der Waals surface area contributed by atoms with Crippen LogP contribution in [0.15, 0.2) is 42.6 Å². The van der Waals surface area contributed by atoms with Gasteiger partial charge in [-0.15, -0.1) is 0 Å². The molecule has 8 nitrogen and oxygen atoms in total. The summed E-state index contributed by atoms with van der Waals surface area (Å²) in [6.07, 6.45) is 0.794. The molecule has 0 fully saturated rings. The normalized spacial score (nSPS) is 14.6. The molecule has 1 aliphatic rings. The smallest absolute Gasteiger partial charge is 0.260 e. The second kappa shape index (κ2) is 7.47. The molecule has 0 saturated carbocycles. The first-order chi connectivity index (χ1) is 13.5. The monoisotopic (exact) mass is 381 g/mol. The van der Waals surface area contributed by atoms with Gasteiger partial charge in [0.25, 0.3) is 5.91 Å². The maximum atomic E-state index is 12.6. The van der Waals surface area contributed by atoms with Crippen LogP contribution in [0.5, 0.6) is 5.75 Å². The Morgan fingerprint density at radius 2 is 2.11 bits per heavy atom. The molecule has 0 unspecified atom stereocenters. The number of hydrogen-bond donors (Lipinski definition) is 1. The van der Waals surface area contributed by atoms with Crippen LogP contribution >= 0.6 is 0 Å². The van der Waals surface area contributed by atoms with E-state index in [0.29, 0.717) is 31.0 Å². The number of rotatable bonds is 5. The fourth-order valence-electron chi connectivity index (χ4n) is 3.39. The van der Waals surface area contributed by atoms with E-state index >= 15 is 0 Å². The number of para-hydroxylation sites is 1. The molecule has 2 aromatic heterocycles. The van der Waals surface area contributed by atoms with Crippen LogP contribution in [-0.4, -0.2) is 48.6 Å². The van der Waals surface area contributed by atoms with Gasteiger partial charge >= 0.3 is 0 Å². The van der Waals surface area contributed by atoms with Crippen molar-refractivity contribution in [3.8, 4) is 5.75 Å². The number of ether oxygens (including phenoxy) is 1. The molecule has 146 valence electrons. The number of benzene rings is 1. The minimum Gasteiger partial charge on any atom is -0.484 e. The lowest BCUT2D eigenvalue weighted by atomic mass is 10.1. The Kier molecular flexibility index (Phi) is 4.87. The van der Waals surface area contributed by atoms with Crippen molar-refractivity contribution in [2.45, 2.75) is 26.1 Å². The number of nitrogens with zero attached hydrogens (tertiary/aromatic N) is 5. The maximum Gasteiger partial charge on any atom is 0.260 e. The van der Waals surface area contributed by atoms with Crippen LogP contribution in [0.4, 0.5) is 0 Å². The second-order valence-corrected chi connectivity index (χ2v) is 6.94. The molecule has 1 N–H and O–H groups in total. The van der Waals surface area contributed by atoms with E-state index in [-0.39, 0.29) is 12.5 Å². The summed E-state index contributed by atoms with van der Waals surface area (Å²) in [6.45, 7) is 3.55. The van der Waals surface area contributed by atoms with Gasteiger partial charge in [0.2, 0.25) is 0 Å². The van der Waals surface area contributed by atoms with Gasteiger partial charge in [-0.25, -0.2) is 0 Å². The van der Waals surface area contributed by atoms with Gasteiger partial charge in [-0.2, -0.15) is 10.2 Å². The third-order valence-corrected chi connectivity index (χ3v) is 5.03. The summed E-state index contributed by atoms with van der Waals surface area (Å²) in [5, 5.41) is 19.2. The fourth-order valence-corrected chi connectivity index (χ4v) is 3.39. The number of aliphatic hydroxyl groups excluding tert-OH is 1. The van der Waals surface area contributed by atoms with Crippen LogP contribution in [0.2, 0.25) is 0 Å². The van der Waals surface area contributed by atoms with Crippen molar-refractivity contribution in [3.05, 3.63) is 65.2 Å². The van der Waals surface area contributed by atoms with Crippen molar-refractivity contribution in [1.82, 2.24) is 24.5 Å². The van der Waals surface area contributed by atoms with Gasteiger partial charge in [0.15, 0.2) is 6.61 Å². The molecule has 3 aromatic rings. The summed E-state index contributed by atoms with van der Waals surface area (Å²) in [5.74, 6) is 0.656. The third kappa shape index (κ3) is 3.50. The predicted octanol–water partition coefficient (Wildman–Crippen LogP) is 1.43. The molecule has 0 aliphatic carbocycles. The zero-order valence-electron chi connectivity index (χ0n) is 15.9. The molecule has 0 spiro atoms. The molecule has 4 rings (SSSR count). The lowest BCUT2D eigenvalue weighted by molar-refractivity contribution is -0.134. The topological polar surface area (TPSA) is 85.4 Å². The van der Waals surface area contributed by atoms with E-state index in [2.05, 4.69) is 10.2 Å². The Hall–Kier alpha value is -3.13. The predicted molar refractivity (Wildman–Crippen MR) is 102 cm³/mol. The molecule has 1 atom stereocenters. The maximum absolute atomic E-state index is 12.6. The van der Waals surface area contributed by atoms with Gasteiger partial charge in [0, 0.05) is 19.8 Å². The van der Waals surface area contributed by atoms with E-state index in [0.717, 1.165) is 17.0 Å². The van der Waals surface area contributed by atoms with Crippen LogP contribution < -0.4 is 4.74 Å². The zero-order chi connectivity index (χ0) is 19.7. The van der Waals surface area contributed by atoms with E-state index in [1.165, 1.54) is 0 Å². The number of aromatic nitrogens is 4. The molecule has 0 saturated heterocycles. The summed E-state index contributed by atoms with van der Waals surface area (Å²) in [5.41, 5.74) is 3.13. The van der Waals surface area contributed by atoms with Crippen molar-refractivity contribution in [2.75, 3.05) is 13.2 Å². The third-order valence-electron chi connectivity index (χ3n) is 5.03. The van der Waals surface area contributed by atoms with E-state index < -0.39 is 6.10 Å². The Labute approximate surface area is 163 Å². The minimum absolute atomic E-state index is 0.00346. The Balaban J connectivity index is 1.42. The van der Waals surface area contributed by atoms with Crippen LogP contribution in [-0.2, 0) is 24.9 Å². The number of amides is 1. The van der Waals surface area contributed by atoms with E-state index in [1.54, 1.807) is 28.9 Å². The van der Waals surface area contributed by atoms with Crippen molar-refractivity contribution < 1.29 is 14.6 Å². The molecule has 28 heavy (non-hydrogen) atoms. The van der Waals surface area contributed by atoms with Crippen LogP contribution in [0.1, 0.15) is 28.7 Å². The molecule has 0 radical (unpaired) electrons. The Morgan fingerprint density at radius 1 is 1.29 bits per heavy atom. The van der Waals surface area contributed by atoms with Crippen molar-refractivity contribution in [3.63, 3.8) is 0 Å². The standard InChI is InChI=1S/C20H23N5O3/c1-14-5-3-4-6-18(14)28-13-19(26)24-9-10-25-15(12-24)11-16(22-25)20(27)17-7-8-21-23(17)2/h3-8,11,20,27H,9-10,12-13H2,1-2H3/t20-/m1/s1. The summed E-state index contributed by atoms with van der Waals surface area (Å²) in [4.78, 5) is 14.3. The second-order valence-electron chi connectivity index (χ2n) is 6.94. The average Bonchev–Trinajstić information content (AvgIpc) is 3.32. The number of carbonyl (C=O) groups is 1. The lowest BCUT2D eigenvalue weighted by Gasteiger charge is -2.27. The largest absolute Gasteiger partial charge is 0.484 e. The van der Waals surface area contributed by atoms with E-state index in [1.807, 2.05) is 41.9 Å². The number of carbonyl (C=O) groups excluding carboxylic acids is 1. The summed E-state index contributed by atoms with van der Waals surface area (Å²) < 4.78 is 9.16. The molecule has 1 amide bonds. The molecular formula is C20H23N5O3. The first-order valence-corrected chi connectivity index (χ1v) is 9.21. The van der Waals surface area contributed by atoms with Gasteiger partial charge in [-0.05, 0) is 30.7 Å². The first-order valence-electron chi connectivity index (χ1n) is 9.21. The molecule has 0 bridgehead atoms. The SMILES string of the molecule is Cc1ccccc1OCC(=O)N1CCn2nc([C@@H](O)c3ccnn3C)cc2C1. The minimum atomic E-state index is -0.848. The van der Waals surface area contributed by atoms with E-state index in [4.69, 9.17) is 4.74 Å². The highest BCUT2D eigenvalue weighted by molar-refractivity contribution is 5.77. The van der Waals surface area contributed by atoms with Crippen LogP contribution in [0.25, 0.3) is 0 Å². The summed E-state index contributed by atoms with van der Waals surface area (Å²) >= 11 is 0. The van der Waals surface area contributed by atoms with Gasteiger partial charge in [0.1, 0.15) is 11.9 Å². The molecule has 8 heteroatoms.